The van der Waals surface area contributed by atoms with Gasteiger partial charge in [0.15, 0.2) is 5.65 Å². The third kappa shape index (κ3) is 2.27. The standard InChI is InChI=1S/C12H16ClN5/c1-7-2-4-8(5-3-7)15-10-9-6-14-18-11(9)17-12(13)16-10/h6-8H,2-5H2,1H3,(H2,14,15,16,17,18). The van der Waals surface area contributed by atoms with Crippen LogP contribution in [0.15, 0.2) is 6.20 Å². The lowest BCUT2D eigenvalue weighted by atomic mass is 9.87. The van der Waals surface area contributed by atoms with Crippen LogP contribution in [0, 0.1) is 5.92 Å². The Hall–Kier alpha value is -1.36. The molecule has 1 saturated carbocycles. The van der Waals surface area contributed by atoms with Crippen LogP contribution in [-0.2, 0) is 0 Å². The van der Waals surface area contributed by atoms with E-state index >= 15 is 0 Å². The molecule has 2 heterocycles. The normalized spacial score (nSPS) is 24.3. The van der Waals surface area contributed by atoms with Crippen molar-refractivity contribution in [3.05, 3.63) is 11.5 Å². The van der Waals surface area contributed by atoms with E-state index < -0.39 is 0 Å². The number of halogens is 1. The molecule has 0 bridgehead atoms. The predicted molar refractivity (Wildman–Crippen MR) is 71.7 cm³/mol. The molecule has 0 aromatic carbocycles. The zero-order chi connectivity index (χ0) is 12.5. The lowest BCUT2D eigenvalue weighted by molar-refractivity contribution is 0.361. The predicted octanol–water partition coefficient (Wildman–Crippen LogP) is 3.00. The third-order valence-corrected chi connectivity index (χ3v) is 3.81. The molecular formula is C12H16ClN5. The van der Waals surface area contributed by atoms with Gasteiger partial charge in [0, 0.05) is 6.04 Å². The first-order chi connectivity index (χ1) is 8.72. The van der Waals surface area contributed by atoms with Crippen molar-refractivity contribution in [1.82, 2.24) is 20.2 Å². The number of nitrogens with zero attached hydrogens (tertiary/aromatic N) is 3. The van der Waals surface area contributed by atoms with Crippen LogP contribution in [0.25, 0.3) is 11.0 Å². The zero-order valence-corrected chi connectivity index (χ0v) is 11.0. The Morgan fingerprint density at radius 1 is 1.28 bits per heavy atom. The average molecular weight is 266 g/mol. The highest BCUT2D eigenvalue weighted by Crippen LogP contribution is 2.28. The van der Waals surface area contributed by atoms with Gasteiger partial charge in [-0.1, -0.05) is 6.92 Å². The smallest absolute Gasteiger partial charge is 0.226 e. The molecule has 2 N–H and O–H groups in total. The molecule has 0 unspecified atom stereocenters. The van der Waals surface area contributed by atoms with Crippen molar-refractivity contribution in [2.24, 2.45) is 5.92 Å². The monoisotopic (exact) mass is 265 g/mol. The Morgan fingerprint density at radius 2 is 2.06 bits per heavy atom. The molecule has 5 nitrogen and oxygen atoms in total. The highest BCUT2D eigenvalue weighted by Gasteiger charge is 2.19. The molecule has 0 radical (unpaired) electrons. The molecule has 1 fully saturated rings. The van der Waals surface area contributed by atoms with Crippen LogP contribution >= 0.6 is 11.6 Å². The van der Waals surface area contributed by atoms with Crippen LogP contribution in [0.2, 0.25) is 5.28 Å². The van der Waals surface area contributed by atoms with Gasteiger partial charge in [-0.05, 0) is 43.2 Å². The number of hydrogen-bond donors (Lipinski definition) is 2. The van der Waals surface area contributed by atoms with Crippen LogP contribution in [0.3, 0.4) is 0 Å². The summed E-state index contributed by atoms with van der Waals surface area (Å²) in [4.78, 5) is 8.37. The van der Waals surface area contributed by atoms with Gasteiger partial charge >= 0.3 is 0 Å². The largest absolute Gasteiger partial charge is 0.367 e. The van der Waals surface area contributed by atoms with Gasteiger partial charge in [0.25, 0.3) is 0 Å². The Labute approximate surface area is 110 Å². The molecule has 96 valence electrons. The van der Waals surface area contributed by atoms with Gasteiger partial charge in [0.05, 0.1) is 11.6 Å². The van der Waals surface area contributed by atoms with Crippen molar-refractivity contribution in [3.63, 3.8) is 0 Å². The fourth-order valence-electron chi connectivity index (χ4n) is 2.52. The van der Waals surface area contributed by atoms with Crippen LogP contribution in [0.1, 0.15) is 32.6 Å². The van der Waals surface area contributed by atoms with Crippen molar-refractivity contribution in [3.8, 4) is 0 Å². The molecule has 1 aliphatic rings. The maximum Gasteiger partial charge on any atom is 0.226 e. The van der Waals surface area contributed by atoms with Gasteiger partial charge < -0.3 is 5.32 Å². The van der Waals surface area contributed by atoms with E-state index in [-0.39, 0.29) is 5.28 Å². The van der Waals surface area contributed by atoms with Crippen LogP contribution in [-0.4, -0.2) is 26.2 Å². The molecular weight excluding hydrogens is 250 g/mol. The molecule has 3 rings (SSSR count). The van der Waals surface area contributed by atoms with Gasteiger partial charge in [-0.15, -0.1) is 0 Å². The SMILES string of the molecule is CC1CCC(Nc2nc(Cl)nc3[nH]ncc23)CC1. The maximum absolute atomic E-state index is 5.91. The molecule has 0 amide bonds. The molecule has 0 spiro atoms. The first kappa shape index (κ1) is 11.7. The van der Waals surface area contributed by atoms with Crippen molar-refractivity contribution < 1.29 is 0 Å². The van der Waals surface area contributed by atoms with E-state index in [1.807, 2.05) is 0 Å². The molecule has 2 aromatic heterocycles. The minimum Gasteiger partial charge on any atom is -0.367 e. The number of aromatic amines is 1. The van der Waals surface area contributed by atoms with Gasteiger partial charge in [0.1, 0.15) is 5.82 Å². The number of H-pyrrole nitrogens is 1. The number of anilines is 1. The van der Waals surface area contributed by atoms with E-state index in [2.05, 4.69) is 32.4 Å². The number of nitrogens with one attached hydrogen (secondary N) is 2. The summed E-state index contributed by atoms with van der Waals surface area (Å²) in [6, 6.07) is 0.477. The van der Waals surface area contributed by atoms with Crippen molar-refractivity contribution >= 4 is 28.5 Å². The topological polar surface area (TPSA) is 66.5 Å². The Kier molecular flexibility index (Phi) is 3.07. The highest BCUT2D eigenvalue weighted by atomic mass is 35.5. The number of rotatable bonds is 2. The van der Waals surface area contributed by atoms with E-state index in [4.69, 9.17) is 11.6 Å². The fraction of sp³-hybridized carbons (Fsp3) is 0.583. The van der Waals surface area contributed by atoms with Crippen LogP contribution in [0.5, 0.6) is 0 Å². The van der Waals surface area contributed by atoms with Crippen molar-refractivity contribution in [1.29, 1.82) is 0 Å². The number of aromatic nitrogens is 4. The van der Waals surface area contributed by atoms with Gasteiger partial charge in [-0.2, -0.15) is 15.1 Å². The molecule has 2 aromatic rings. The van der Waals surface area contributed by atoms with E-state index in [1.54, 1.807) is 6.20 Å². The summed E-state index contributed by atoms with van der Waals surface area (Å²) in [5.74, 6) is 1.63. The molecule has 18 heavy (non-hydrogen) atoms. The zero-order valence-electron chi connectivity index (χ0n) is 10.3. The summed E-state index contributed by atoms with van der Waals surface area (Å²) in [7, 11) is 0. The molecule has 0 aliphatic heterocycles. The van der Waals surface area contributed by atoms with E-state index in [1.165, 1.54) is 25.7 Å². The van der Waals surface area contributed by atoms with Crippen LogP contribution < -0.4 is 5.32 Å². The Balaban J connectivity index is 1.83. The molecule has 0 atom stereocenters. The minimum atomic E-state index is 0.249. The number of fused-ring (bicyclic) bond motifs is 1. The van der Waals surface area contributed by atoms with Crippen molar-refractivity contribution in [2.45, 2.75) is 38.6 Å². The van der Waals surface area contributed by atoms with E-state index in [9.17, 15) is 0 Å². The summed E-state index contributed by atoms with van der Waals surface area (Å²) in [5, 5.41) is 11.4. The van der Waals surface area contributed by atoms with E-state index in [0.29, 0.717) is 11.7 Å². The first-order valence-corrected chi connectivity index (χ1v) is 6.73. The summed E-state index contributed by atoms with van der Waals surface area (Å²) in [6.07, 6.45) is 6.64. The van der Waals surface area contributed by atoms with Gasteiger partial charge in [-0.3, -0.25) is 5.10 Å². The van der Waals surface area contributed by atoms with E-state index in [0.717, 1.165) is 17.1 Å². The highest BCUT2D eigenvalue weighted by molar-refractivity contribution is 6.28. The van der Waals surface area contributed by atoms with Gasteiger partial charge in [-0.25, -0.2) is 0 Å². The lowest BCUT2D eigenvalue weighted by Gasteiger charge is -2.27. The maximum atomic E-state index is 5.91. The summed E-state index contributed by atoms with van der Waals surface area (Å²) in [5.41, 5.74) is 0.682. The third-order valence-electron chi connectivity index (χ3n) is 3.64. The second kappa shape index (κ2) is 4.72. The lowest BCUT2D eigenvalue weighted by Crippen LogP contribution is -2.25. The minimum absolute atomic E-state index is 0.249. The summed E-state index contributed by atoms with van der Waals surface area (Å²) in [6.45, 7) is 2.31. The fourth-order valence-corrected chi connectivity index (χ4v) is 2.68. The van der Waals surface area contributed by atoms with Crippen LogP contribution in [0.4, 0.5) is 5.82 Å². The Morgan fingerprint density at radius 3 is 2.83 bits per heavy atom. The average Bonchev–Trinajstić information content (AvgIpc) is 2.80. The first-order valence-electron chi connectivity index (χ1n) is 6.35. The molecule has 1 aliphatic carbocycles. The summed E-state index contributed by atoms with van der Waals surface area (Å²) < 4.78 is 0. The second-order valence-corrected chi connectivity index (χ2v) is 5.41. The second-order valence-electron chi connectivity index (χ2n) is 5.07. The quantitative estimate of drug-likeness (QED) is 0.819. The summed E-state index contributed by atoms with van der Waals surface area (Å²) >= 11 is 5.91. The van der Waals surface area contributed by atoms with Gasteiger partial charge in [0.2, 0.25) is 5.28 Å². The Bertz CT molecular complexity index is 544. The van der Waals surface area contributed by atoms with Crippen molar-refractivity contribution in [2.75, 3.05) is 5.32 Å². The number of hydrogen-bond acceptors (Lipinski definition) is 4. The molecule has 0 saturated heterocycles. The molecule has 6 heteroatoms.